The van der Waals surface area contributed by atoms with Crippen molar-refractivity contribution in [2.24, 2.45) is 5.92 Å². The minimum Gasteiger partial charge on any atom is -0.396 e. The van der Waals surface area contributed by atoms with Crippen molar-refractivity contribution in [3.8, 4) is 0 Å². The van der Waals surface area contributed by atoms with Gasteiger partial charge in [-0.1, -0.05) is 126 Å². The van der Waals surface area contributed by atoms with Crippen LogP contribution in [0, 0.1) is 5.92 Å². The molecule has 0 aromatic heterocycles. The van der Waals surface area contributed by atoms with Crippen LogP contribution in [0.15, 0.2) is 0 Å². The maximum Gasteiger partial charge on any atom is 0.180 e. The van der Waals surface area contributed by atoms with Crippen molar-refractivity contribution >= 4 is 34.8 Å². The lowest BCUT2D eigenvalue weighted by atomic mass is 9.96. The predicted octanol–water partition coefficient (Wildman–Crippen LogP) is 7.69. The van der Waals surface area contributed by atoms with Crippen LogP contribution < -0.4 is 0 Å². The molecule has 0 aliphatic heterocycles. The van der Waals surface area contributed by atoms with E-state index < -0.39 is 4.30 Å². The molecule has 0 aromatic rings. The first kappa shape index (κ1) is 25.1. The summed E-state index contributed by atoms with van der Waals surface area (Å²) in [7, 11) is 0. The highest BCUT2D eigenvalue weighted by atomic mass is 35.6. The summed E-state index contributed by atoms with van der Waals surface area (Å²) < 4.78 is -0.750. The molecule has 0 radical (unpaired) electrons. The average Bonchev–Trinajstić information content (AvgIpc) is 2.45. The lowest BCUT2D eigenvalue weighted by Gasteiger charge is -2.10. The number of hydrogen-bond acceptors (Lipinski definition) is 1. The Bertz CT molecular complexity index is 186. The van der Waals surface area contributed by atoms with E-state index in [4.69, 9.17) is 39.9 Å². The smallest absolute Gasteiger partial charge is 0.180 e. The van der Waals surface area contributed by atoms with E-state index in [1.165, 1.54) is 77.0 Å². The molecule has 0 aliphatic carbocycles. The average molecular weight is 376 g/mol. The summed E-state index contributed by atoms with van der Waals surface area (Å²) in [6, 6.07) is 0. The zero-order valence-corrected chi connectivity index (χ0v) is 16.9. The fraction of sp³-hybridized carbons (Fsp3) is 1.00. The summed E-state index contributed by atoms with van der Waals surface area (Å²) in [6.45, 7) is 5.05. The first-order valence-corrected chi connectivity index (χ1v) is 10.4. The molecule has 22 heavy (non-hydrogen) atoms. The quantitative estimate of drug-likeness (QED) is 0.243. The minimum absolute atomic E-state index is 0.369. The SMILES string of the molecule is CCCCCCCCCC(C)CCCCCCO.ClC(Cl)Cl. The van der Waals surface area contributed by atoms with Gasteiger partial charge in [0.05, 0.1) is 0 Å². The molecular weight excluding hydrogens is 339 g/mol. The molecule has 1 unspecified atom stereocenters. The zero-order chi connectivity index (χ0) is 17.1. The lowest BCUT2D eigenvalue weighted by molar-refractivity contribution is 0.281. The molecule has 136 valence electrons. The van der Waals surface area contributed by atoms with Crippen molar-refractivity contribution in [2.45, 2.75) is 102 Å². The van der Waals surface area contributed by atoms with Gasteiger partial charge in [-0.2, -0.15) is 0 Å². The molecule has 1 atom stereocenters. The van der Waals surface area contributed by atoms with Gasteiger partial charge in [-0.3, -0.25) is 0 Å². The number of rotatable bonds is 14. The number of hydrogen-bond donors (Lipinski definition) is 1. The largest absolute Gasteiger partial charge is 0.396 e. The van der Waals surface area contributed by atoms with Gasteiger partial charge in [0.1, 0.15) is 0 Å². The second-order valence-electron chi connectivity index (χ2n) is 6.19. The van der Waals surface area contributed by atoms with Crippen LogP contribution in [0.3, 0.4) is 0 Å². The van der Waals surface area contributed by atoms with Crippen molar-refractivity contribution in [1.29, 1.82) is 0 Å². The molecule has 0 spiro atoms. The van der Waals surface area contributed by atoms with E-state index in [1.54, 1.807) is 0 Å². The van der Waals surface area contributed by atoms with E-state index in [-0.39, 0.29) is 0 Å². The molecule has 1 N–H and O–H groups in total. The highest BCUT2D eigenvalue weighted by molar-refractivity contribution is 6.63. The fourth-order valence-corrected chi connectivity index (χ4v) is 2.55. The van der Waals surface area contributed by atoms with Crippen LogP contribution in [0.25, 0.3) is 0 Å². The van der Waals surface area contributed by atoms with Crippen LogP contribution in [-0.4, -0.2) is 16.0 Å². The second kappa shape index (κ2) is 21.8. The van der Waals surface area contributed by atoms with Gasteiger partial charge < -0.3 is 5.11 Å². The Hall–Kier alpha value is 0.830. The molecule has 0 heterocycles. The van der Waals surface area contributed by atoms with E-state index in [0.717, 1.165) is 12.3 Å². The first-order chi connectivity index (χ1) is 10.5. The van der Waals surface area contributed by atoms with E-state index in [0.29, 0.717) is 6.61 Å². The summed E-state index contributed by atoms with van der Waals surface area (Å²) in [5.74, 6) is 0.912. The standard InChI is InChI=1S/C17H36O.CHCl3/c1-3-4-5-6-7-8-11-14-17(2)15-12-9-10-13-16-18;2-1(3)4/h17-18H,3-16H2,1-2H3;1H. The molecule has 0 aliphatic rings. The lowest BCUT2D eigenvalue weighted by Crippen LogP contribution is -1.95. The van der Waals surface area contributed by atoms with Crippen LogP contribution in [0.1, 0.15) is 97.3 Å². The third kappa shape index (κ3) is 28.9. The van der Waals surface area contributed by atoms with Crippen LogP contribution >= 0.6 is 34.8 Å². The summed E-state index contributed by atoms with van der Waals surface area (Å²) >= 11 is 14.4. The van der Waals surface area contributed by atoms with Gasteiger partial charge in [0.2, 0.25) is 0 Å². The van der Waals surface area contributed by atoms with Gasteiger partial charge >= 0.3 is 0 Å². The van der Waals surface area contributed by atoms with Gasteiger partial charge in [0, 0.05) is 6.61 Å². The zero-order valence-electron chi connectivity index (χ0n) is 14.6. The van der Waals surface area contributed by atoms with Crippen molar-refractivity contribution in [3.63, 3.8) is 0 Å². The number of alkyl halides is 3. The van der Waals surface area contributed by atoms with Gasteiger partial charge in [-0.15, -0.1) is 0 Å². The summed E-state index contributed by atoms with van der Waals surface area (Å²) in [4.78, 5) is 0. The van der Waals surface area contributed by atoms with Gasteiger partial charge in [-0.25, -0.2) is 0 Å². The number of unbranched alkanes of at least 4 members (excludes halogenated alkanes) is 9. The molecule has 0 aromatic carbocycles. The highest BCUT2D eigenvalue weighted by Crippen LogP contribution is 2.18. The molecule has 0 fully saturated rings. The molecule has 0 rings (SSSR count). The Morgan fingerprint density at radius 2 is 1.05 bits per heavy atom. The Morgan fingerprint density at radius 1 is 0.682 bits per heavy atom. The summed E-state index contributed by atoms with van der Waals surface area (Å²) in [5.41, 5.74) is 0. The maximum atomic E-state index is 8.70. The van der Waals surface area contributed by atoms with E-state index >= 15 is 0 Å². The van der Waals surface area contributed by atoms with Crippen LogP contribution in [0.2, 0.25) is 0 Å². The fourth-order valence-electron chi connectivity index (χ4n) is 2.55. The molecule has 0 saturated heterocycles. The second-order valence-corrected chi connectivity index (χ2v) is 8.17. The van der Waals surface area contributed by atoms with Crippen molar-refractivity contribution < 1.29 is 5.11 Å². The Labute approximate surface area is 154 Å². The van der Waals surface area contributed by atoms with Gasteiger partial charge in [0.25, 0.3) is 0 Å². The molecule has 1 nitrogen and oxygen atoms in total. The molecule has 4 heteroatoms. The van der Waals surface area contributed by atoms with Gasteiger partial charge in [-0.05, 0) is 12.3 Å². The number of aliphatic hydroxyl groups is 1. The Morgan fingerprint density at radius 3 is 1.45 bits per heavy atom. The van der Waals surface area contributed by atoms with Crippen molar-refractivity contribution in [3.05, 3.63) is 0 Å². The summed E-state index contributed by atoms with van der Waals surface area (Å²) in [5, 5.41) is 8.70. The van der Waals surface area contributed by atoms with E-state index in [1.807, 2.05) is 0 Å². The Balaban J connectivity index is 0. The number of aliphatic hydroxyl groups excluding tert-OH is 1. The summed E-state index contributed by atoms with van der Waals surface area (Å²) in [6.07, 6.45) is 17.7. The third-order valence-corrected chi connectivity index (χ3v) is 3.91. The molecule has 0 saturated carbocycles. The normalized spacial score (nSPS) is 12.1. The van der Waals surface area contributed by atoms with E-state index in [2.05, 4.69) is 13.8 Å². The third-order valence-electron chi connectivity index (χ3n) is 3.91. The minimum atomic E-state index is -0.750. The Kier molecular flexibility index (Phi) is 24.9. The van der Waals surface area contributed by atoms with Crippen molar-refractivity contribution in [2.75, 3.05) is 6.61 Å². The predicted molar refractivity (Wildman–Crippen MR) is 103 cm³/mol. The molecule has 0 bridgehead atoms. The number of halogens is 3. The monoisotopic (exact) mass is 374 g/mol. The first-order valence-electron chi connectivity index (χ1n) is 9.07. The van der Waals surface area contributed by atoms with Crippen LogP contribution in [0.4, 0.5) is 0 Å². The topological polar surface area (TPSA) is 20.2 Å². The molecule has 0 amide bonds. The van der Waals surface area contributed by atoms with E-state index in [9.17, 15) is 0 Å². The van der Waals surface area contributed by atoms with Gasteiger partial charge in [0.15, 0.2) is 4.30 Å². The highest BCUT2D eigenvalue weighted by Gasteiger charge is 2.01. The van der Waals surface area contributed by atoms with Crippen LogP contribution in [-0.2, 0) is 0 Å². The van der Waals surface area contributed by atoms with Crippen LogP contribution in [0.5, 0.6) is 0 Å². The maximum absolute atomic E-state index is 8.70. The molecular formula is C18H37Cl3O. The van der Waals surface area contributed by atoms with Crippen molar-refractivity contribution in [1.82, 2.24) is 0 Å².